The Labute approximate surface area is 122 Å². The van der Waals surface area contributed by atoms with Crippen molar-refractivity contribution in [2.45, 2.75) is 59.2 Å². The van der Waals surface area contributed by atoms with Crippen molar-refractivity contribution in [1.82, 2.24) is 5.32 Å². The van der Waals surface area contributed by atoms with Crippen LogP contribution in [0.25, 0.3) is 0 Å². The van der Waals surface area contributed by atoms with Gasteiger partial charge in [0.15, 0.2) is 0 Å². The van der Waals surface area contributed by atoms with Crippen LogP contribution in [0.2, 0.25) is 0 Å². The molecule has 1 aromatic rings. The fourth-order valence-electron chi connectivity index (χ4n) is 2.12. The molecular formula is C17H27NO2. The molecule has 0 radical (unpaired) electrons. The SMILES string of the molecule is CC(C)NC(CCC(=O)OCc1ccccc1)C(C)C. The van der Waals surface area contributed by atoms with Gasteiger partial charge >= 0.3 is 5.97 Å². The van der Waals surface area contributed by atoms with Crippen LogP contribution in [0.1, 0.15) is 46.1 Å². The molecule has 1 unspecified atom stereocenters. The summed E-state index contributed by atoms with van der Waals surface area (Å²) >= 11 is 0. The molecule has 1 rings (SSSR count). The number of hydrogen-bond acceptors (Lipinski definition) is 3. The maximum atomic E-state index is 11.8. The number of nitrogens with one attached hydrogen (secondary N) is 1. The zero-order chi connectivity index (χ0) is 15.0. The predicted molar refractivity (Wildman–Crippen MR) is 82.4 cm³/mol. The molecule has 0 aromatic heterocycles. The molecule has 1 atom stereocenters. The fraction of sp³-hybridized carbons (Fsp3) is 0.588. The number of benzene rings is 1. The normalized spacial score (nSPS) is 12.7. The van der Waals surface area contributed by atoms with Gasteiger partial charge in [0.25, 0.3) is 0 Å². The highest BCUT2D eigenvalue weighted by atomic mass is 16.5. The van der Waals surface area contributed by atoms with Gasteiger partial charge in [-0.2, -0.15) is 0 Å². The molecule has 3 heteroatoms. The van der Waals surface area contributed by atoms with Gasteiger partial charge in [0, 0.05) is 18.5 Å². The molecule has 0 saturated carbocycles. The number of ether oxygens (including phenoxy) is 1. The summed E-state index contributed by atoms with van der Waals surface area (Å²) in [4.78, 5) is 11.8. The van der Waals surface area contributed by atoms with Crippen molar-refractivity contribution in [3.63, 3.8) is 0 Å². The highest BCUT2D eigenvalue weighted by Gasteiger charge is 2.16. The van der Waals surface area contributed by atoms with E-state index in [-0.39, 0.29) is 5.97 Å². The largest absolute Gasteiger partial charge is 0.461 e. The van der Waals surface area contributed by atoms with Crippen molar-refractivity contribution in [3.05, 3.63) is 35.9 Å². The third-order valence-corrected chi connectivity index (χ3v) is 3.25. The van der Waals surface area contributed by atoms with Crippen LogP contribution in [0.5, 0.6) is 0 Å². The van der Waals surface area contributed by atoms with Crippen molar-refractivity contribution >= 4 is 5.97 Å². The van der Waals surface area contributed by atoms with Gasteiger partial charge in [-0.3, -0.25) is 4.79 Å². The lowest BCUT2D eigenvalue weighted by atomic mass is 9.98. The van der Waals surface area contributed by atoms with E-state index in [4.69, 9.17) is 4.74 Å². The summed E-state index contributed by atoms with van der Waals surface area (Å²) in [5.74, 6) is 0.393. The van der Waals surface area contributed by atoms with E-state index < -0.39 is 0 Å². The Balaban J connectivity index is 2.31. The number of hydrogen-bond donors (Lipinski definition) is 1. The molecule has 1 aromatic carbocycles. The van der Waals surface area contributed by atoms with Crippen LogP contribution in [0, 0.1) is 5.92 Å². The number of rotatable bonds is 8. The first-order valence-electron chi connectivity index (χ1n) is 7.44. The van der Waals surface area contributed by atoms with Crippen molar-refractivity contribution in [2.24, 2.45) is 5.92 Å². The molecular weight excluding hydrogens is 250 g/mol. The van der Waals surface area contributed by atoms with Gasteiger partial charge in [0.2, 0.25) is 0 Å². The van der Waals surface area contributed by atoms with E-state index >= 15 is 0 Å². The molecule has 0 amide bonds. The molecule has 0 spiro atoms. The van der Waals surface area contributed by atoms with Gasteiger partial charge in [-0.05, 0) is 17.9 Å². The van der Waals surface area contributed by atoms with Gasteiger partial charge in [0.1, 0.15) is 6.61 Å². The lowest BCUT2D eigenvalue weighted by Crippen LogP contribution is -2.38. The smallest absolute Gasteiger partial charge is 0.306 e. The van der Waals surface area contributed by atoms with Crippen LogP contribution >= 0.6 is 0 Å². The molecule has 0 aliphatic carbocycles. The minimum Gasteiger partial charge on any atom is -0.461 e. The minimum atomic E-state index is -0.120. The topological polar surface area (TPSA) is 38.3 Å². The molecule has 0 saturated heterocycles. The summed E-state index contributed by atoms with van der Waals surface area (Å²) < 4.78 is 5.30. The molecule has 0 aliphatic heterocycles. The first-order valence-corrected chi connectivity index (χ1v) is 7.44. The quantitative estimate of drug-likeness (QED) is 0.739. The Bertz CT molecular complexity index is 387. The van der Waals surface area contributed by atoms with E-state index in [2.05, 4.69) is 33.0 Å². The van der Waals surface area contributed by atoms with E-state index in [0.717, 1.165) is 12.0 Å². The summed E-state index contributed by atoms with van der Waals surface area (Å²) in [6.45, 7) is 8.97. The van der Waals surface area contributed by atoms with Crippen molar-refractivity contribution < 1.29 is 9.53 Å². The van der Waals surface area contributed by atoms with E-state index in [1.165, 1.54) is 0 Å². The van der Waals surface area contributed by atoms with Gasteiger partial charge in [-0.25, -0.2) is 0 Å². The molecule has 0 aliphatic rings. The number of carbonyl (C=O) groups excluding carboxylic acids is 1. The van der Waals surface area contributed by atoms with Gasteiger partial charge in [-0.1, -0.05) is 58.0 Å². The maximum absolute atomic E-state index is 11.8. The third kappa shape index (κ3) is 6.71. The third-order valence-electron chi connectivity index (χ3n) is 3.25. The van der Waals surface area contributed by atoms with Crippen LogP contribution in [0.4, 0.5) is 0 Å². The zero-order valence-electron chi connectivity index (χ0n) is 13.1. The summed E-state index contributed by atoms with van der Waals surface area (Å²) in [7, 11) is 0. The lowest BCUT2D eigenvalue weighted by Gasteiger charge is -2.24. The van der Waals surface area contributed by atoms with Crippen molar-refractivity contribution in [2.75, 3.05) is 0 Å². The molecule has 1 N–H and O–H groups in total. The zero-order valence-corrected chi connectivity index (χ0v) is 13.1. The van der Waals surface area contributed by atoms with Crippen LogP contribution < -0.4 is 5.32 Å². The molecule has 112 valence electrons. The van der Waals surface area contributed by atoms with Crippen LogP contribution in [0.15, 0.2) is 30.3 Å². The highest BCUT2D eigenvalue weighted by molar-refractivity contribution is 5.69. The molecule has 0 fully saturated rings. The average Bonchev–Trinajstić information content (AvgIpc) is 2.41. The first kappa shape index (κ1) is 16.7. The van der Waals surface area contributed by atoms with Gasteiger partial charge < -0.3 is 10.1 Å². The van der Waals surface area contributed by atoms with Crippen molar-refractivity contribution in [3.8, 4) is 0 Å². The van der Waals surface area contributed by atoms with Crippen LogP contribution in [-0.4, -0.2) is 18.1 Å². The summed E-state index contributed by atoms with van der Waals surface area (Å²) in [6, 6.07) is 10.6. The predicted octanol–water partition coefficient (Wildman–Crippen LogP) is 3.53. The Morgan fingerprint density at radius 3 is 2.35 bits per heavy atom. The van der Waals surface area contributed by atoms with E-state index in [1.807, 2.05) is 30.3 Å². The average molecular weight is 277 g/mol. The van der Waals surface area contributed by atoms with E-state index in [9.17, 15) is 4.79 Å². The van der Waals surface area contributed by atoms with Gasteiger partial charge in [0.05, 0.1) is 0 Å². The molecule has 0 heterocycles. The standard InChI is InChI=1S/C17H27NO2/c1-13(2)16(18-14(3)4)10-11-17(19)20-12-15-8-6-5-7-9-15/h5-9,13-14,16,18H,10-12H2,1-4H3. The molecule has 0 bridgehead atoms. The second-order valence-corrected chi connectivity index (χ2v) is 5.86. The van der Waals surface area contributed by atoms with Crippen LogP contribution in [-0.2, 0) is 16.1 Å². The van der Waals surface area contributed by atoms with Crippen LogP contribution in [0.3, 0.4) is 0 Å². The second-order valence-electron chi connectivity index (χ2n) is 5.86. The summed E-state index contributed by atoms with van der Waals surface area (Å²) in [6.07, 6.45) is 1.29. The summed E-state index contributed by atoms with van der Waals surface area (Å²) in [5.41, 5.74) is 1.03. The number of carbonyl (C=O) groups is 1. The highest BCUT2D eigenvalue weighted by Crippen LogP contribution is 2.11. The Kier molecular flexibility index (Phi) is 7.31. The van der Waals surface area contributed by atoms with E-state index in [1.54, 1.807) is 0 Å². The van der Waals surface area contributed by atoms with Crippen molar-refractivity contribution in [1.29, 1.82) is 0 Å². The monoisotopic (exact) mass is 277 g/mol. The Morgan fingerprint density at radius 1 is 1.15 bits per heavy atom. The second kappa shape index (κ2) is 8.75. The van der Waals surface area contributed by atoms with E-state index in [0.29, 0.717) is 31.0 Å². The molecule has 3 nitrogen and oxygen atoms in total. The first-order chi connectivity index (χ1) is 9.49. The molecule has 20 heavy (non-hydrogen) atoms. The Hall–Kier alpha value is -1.35. The minimum absolute atomic E-state index is 0.120. The van der Waals surface area contributed by atoms with Gasteiger partial charge in [-0.15, -0.1) is 0 Å². The lowest BCUT2D eigenvalue weighted by molar-refractivity contribution is -0.145. The number of esters is 1. The maximum Gasteiger partial charge on any atom is 0.306 e. The Morgan fingerprint density at radius 2 is 1.80 bits per heavy atom. The summed E-state index contributed by atoms with van der Waals surface area (Å²) in [5, 5.41) is 3.50. The fourth-order valence-corrected chi connectivity index (χ4v) is 2.12.